The van der Waals surface area contributed by atoms with Crippen LogP contribution in [0.3, 0.4) is 0 Å². The quantitative estimate of drug-likeness (QED) is 0.223. The number of thiazole rings is 1. The van der Waals surface area contributed by atoms with Gasteiger partial charge in [-0.15, -0.1) is 21.5 Å². The molecule has 0 atom stereocenters. The fourth-order valence-corrected chi connectivity index (χ4v) is 5.62. The molecule has 10 heteroatoms. The Morgan fingerprint density at radius 1 is 1.00 bits per heavy atom. The largest absolute Gasteiger partial charge is 0.321 e. The van der Waals surface area contributed by atoms with E-state index in [0.29, 0.717) is 27.5 Å². The van der Waals surface area contributed by atoms with Crippen molar-refractivity contribution in [1.82, 2.24) is 24.7 Å². The van der Waals surface area contributed by atoms with Crippen LogP contribution in [0.5, 0.6) is 0 Å². The molecule has 3 heterocycles. The molecule has 0 radical (unpaired) electrons. The molecule has 0 aliphatic carbocycles. The van der Waals surface area contributed by atoms with Gasteiger partial charge in [-0.2, -0.15) is 0 Å². The van der Waals surface area contributed by atoms with E-state index in [-0.39, 0.29) is 5.91 Å². The number of thioether (sulfide) groups is 1. The lowest BCUT2D eigenvalue weighted by Gasteiger charge is -2.13. The van der Waals surface area contributed by atoms with E-state index in [1.54, 1.807) is 17.8 Å². The predicted molar refractivity (Wildman–Crippen MR) is 150 cm³/mol. The summed E-state index contributed by atoms with van der Waals surface area (Å²) in [5, 5.41) is 15.8. The number of amides is 1. The van der Waals surface area contributed by atoms with Crippen LogP contribution in [-0.4, -0.2) is 30.6 Å². The van der Waals surface area contributed by atoms with Crippen LogP contribution in [0.1, 0.15) is 32.2 Å². The van der Waals surface area contributed by atoms with Crippen LogP contribution in [0.4, 0.5) is 5.69 Å². The second-order valence-corrected chi connectivity index (χ2v) is 10.8. The van der Waals surface area contributed by atoms with E-state index >= 15 is 0 Å². The Morgan fingerprint density at radius 3 is 2.57 bits per heavy atom. The number of nitrogens with zero attached hydrogens (tertiary/aromatic N) is 5. The van der Waals surface area contributed by atoms with Crippen molar-refractivity contribution in [3.05, 3.63) is 98.7 Å². The minimum atomic E-state index is -0.228. The van der Waals surface area contributed by atoms with Crippen molar-refractivity contribution in [3.63, 3.8) is 0 Å². The van der Waals surface area contributed by atoms with Gasteiger partial charge in [0.2, 0.25) is 0 Å². The fourth-order valence-electron chi connectivity index (χ4n) is 3.71. The maximum atomic E-state index is 12.7. The van der Waals surface area contributed by atoms with Gasteiger partial charge in [-0.05, 0) is 73.9 Å². The first-order valence-electron chi connectivity index (χ1n) is 11.5. The Hall–Kier alpha value is -3.53. The Morgan fingerprint density at radius 2 is 1.78 bits per heavy atom. The average Bonchev–Trinajstić information content (AvgIpc) is 3.54. The SMILES string of the molecule is Cc1ccc(NC(=O)c2csc(CSc3nnc(-c4ccncc4)n3-c3cc(Cl)ccc3C)n2)cc1C. The van der Waals surface area contributed by atoms with Crippen LogP contribution in [0.25, 0.3) is 17.1 Å². The number of aryl methyl sites for hydroxylation is 3. The summed E-state index contributed by atoms with van der Waals surface area (Å²) in [5.41, 5.74) is 6.29. The van der Waals surface area contributed by atoms with Gasteiger partial charge in [-0.1, -0.05) is 35.5 Å². The van der Waals surface area contributed by atoms with E-state index < -0.39 is 0 Å². The first-order chi connectivity index (χ1) is 17.9. The zero-order valence-electron chi connectivity index (χ0n) is 20.4. The van der Waals surface area contributed by atoms with Crippen molar-refractivity contribution in [3.8, 4) is 17.1 Å². The van der Waals surface area contributed by atoms with Gasteiger partial charge in [0.15, 0.2) is 11.0 Å². The highest BCUT2D eigenvalue weighted by molar-refractivity contribution is 7.98. The zero-order chi connectivity index (χ0) is 25.9. The van der Waals surface area contributed by atoms with E-state index in [2.05, 4.69) is 25.5 Å². The summed E-state index contributed by atoms with van der Waals surface area (Å²) in [4.78, 5) is 21.4. The summed E-state index contributed by atoms with van der Waals surface area (Å²) in [5.74, 6) is 1.01. The molecule has 3 aromatic heterocycles. The monoisotopic (exact) mass is 546 g/mol. The predicted octanol–water partition coefficient (Wildman–Crippen LogP) is 6.91. The second kappa shape index (κ2) is 10.8. The number of rotatable bonds is 7. The molecular weight excluding hydrogens is 524 g/mol. The Labute approximate surface area is 228 Å². The topological polar surface area (TPSA) is 85.6 Å². The Kier molecular flexibility index (Phi) is 7.36. The van der Waals surface area contributed by atoms with Crippen molar-refractivity contribution < 1.29 is 4.79 Å². The lowest BCUT2D eigenvalue weighted by atomic mass is 10.1. The lowest BCUT2D eigenvalue weighted by Crippen LogP contribution is -2.12. The van der Waals surface area contributed by atoms with Crippen molar-refractivity contribution in [2.45, 2.75) is 31.7 Å². The molecule has 0 fully saturated rings. The Bertz CT molecular complexity index is 1580. The maximum Gasteiger partial charge on any atom is 0.275 e. The third-order valence-corrected chi connectivity index (χ3v) is 8.06. The van der Waals surface area contributed by atoms with E-state index in [4.69, 9.17) is 11.6 Å². The summed E-state index contributed by atoms with van der Waals surface area (Å²) < 4.78 is 2.00. The van der Waals surface area contributed by atoms with E-state index in [0.717, 1.165) is 33.1 Å². The highest BCUT2D eigenvalue weighted by Gasteiger charge is 2.19. The van der Waals surface area contributed by atoms with Crippen LogP contribution < -0.4 is 5.32 Å². The smallest absolute Gasteiger partial charge is 0.275 e. The van der Waals surface area contributed by atoms with Crippen molar-refractivity contribution in [2.75, 3.05) is 5.32 Å². The van der Waals surface area contributed by atoms with Gasteiger partial charge in [0.1, 0.15) is 10.7 Å². The number of nitrogens with one attached hydrogen (secondary N) is 1. The van der Waals surface area contributed by atoms with Crippen molar-refractivity contribution in [2.24, 2.45) is 0 Å². The van der Waals surface area contributed by atoms with Gasteiger partial charge < -0.3 is 5.32 Å². The third kappa shape index (κ3) is 5.58. The van der Waals surface area contributed by atoms with Crippen LogP contribution in [0, 0.1) is 20.8 Å². The van der Waals surface area contributed by atoms with E-state index in [1.807, 2.05) is 73.9 Å². The van der Waals surface area contributed by atoms with Gasteiger partial charge >= 0.3 is 0 Å². The number of aromatic nitrogens is 5. The molecule has 1 N–H and O–H groups in total. The second-order valence-electron chi connectivity index (χ2n) is 8.48. The van der Waals surface area contributed by atoms with Crippen molar-refractivity contribution in [1.29, 1.82) is 0 Å². The summed E-state index contributed by atoms with van der Waals surface area (Å²) in [6, 6.07) is 15.4. The molecule has 0 spiro atoms. The molecule has 0 saturated carbocycles. The first kappa shape index (κ1) is 25.1. The standard InChI is InChI=1S/C27H23ClN6OS2/c1-16-5-7-21(12-18(16)3)30-26(35)22-14-36-24(31-22)15-37-27-33-32-25(19-8-10-29-11-9-19)34(27)23-13-20(28)6-4-17(23)2/h4-14H,15H2,1-3H3,(H,30,35). The average molecular weight is 547 g/mol. The van der Waals surface area contributed by atoms with Crippen LogP contribution in [0.15, 0.2) is 71.5 Å². The molecule has 37 heavy (non-hydrogen) atoms. The summed E-state index contributed by atoms with van der Waals surface area (Å²) in [7, 11) is 0. The van der Waals surface area contributed by atoms with Gasteiger partial charge in [-0.3, -0.25) is 14.3 Å². The zero-order valence-corrected chi connectivity index (χ0v) is 22.8. The van der Waals surface area contributed by atoms with Crippen molar-refractivity contribution >= 4 is 46.3 Å². The Balaban J connectivity index is 1.38. The number of halogens is 1. The normalized spacial score (nSPS) is 11.0. The van der Waals surface area contributed by atoms with Gasteiger partial charge in [0, 0.05) is 34.0 Å². The van der Waals surface area contributed by atoms with Crippen LogP contribution in [-0.2, 0) is 5.75 Å². The summed E-state index contributed by atoms with van der Waals surface area (Å²) in [6.45, 7) is 6.09. The molecular formula is C27H23ClN6OS2. The number of hydrogen-bond donors (Lipinski definition) is 1. The third-order valence-electron chi connectivity index (χ3n) is 5.86. The molecule has 2 aromatic carbocycles. The van der Waals surface area contributed by atoms with Crippen LogP contribution in [0.2, 0.25) is 5.02 Å². The number of anilines is 1. The highest BCUT2D eigenvalue weighted by atomic mass is 35.5. The molecule has 0 unspecified atom stereocenters. The lowest BCUT2D eigenvalue weighted by molar-refractivity contribution is 0.102. The van der Waals surface area contributed by atoms with Gasteiger partial charge in [0.25, 0.3) is 5.91 Å². The minimum absolute atomic E-state index is 0.228. The minimum Gasteiger partial charge on any atom is -0.321 e. The molecule has 0 aliphatic rings. The summed E-state index contributed by atoms with van der Waals surface area (Å²) >= 11 is 9.30. The fraction of sp³-hybridized carbons (Fsp3) is 0.148. The number of hydrogen-bond acceptors (Lipinski definition) is 7. The molecule has 1 amide bonds. The number of carbonyl (C=O) groups excluding carboxylic acids is 1. The van der Waals surface area contributed by atoms with Crippen LogP contribution >= 0.6 is 34.7 Å². The highest BCUT2D eigenvalue weighted by Crippen LogP contribution is 2.32. The molecule has 7 nitrogen and oxygen atoms in total. The first-order valence-corrected chi connectivity index (χ1v) is 13.7. The number of carbonyl (C=O) groups is 1. The molecule has 0 bridgehead atoms. The molecule has 186 valence electrons. The maximum absolute atomic E-state index is 12.7. The van der Waals surface area contributed by atoms with Gasteiger partial charge in [0.05, 0.1) is 11.4 Å². The number of pyridine rings is 1. The number of benzene rings is 2. The summed E-state index contributed by atoms with van der Waals surface area (Å²) in [6.07, 6.45) is 3.46. The van der Waals surface area contributed by atoms with Gasteiger partial charge in [-0.25, -0.2) is 4.98 Å². The molecule has 0 aliphatic heterocycles. The van der Waals surface area contributed by atoms with E-state index in [1.165, 1.54) is 28.7 Å². The molecule has 0 saturated heterocycles. The van der Waals surface area contributed by atoms with E-state index in [9.17, 15) is 4.79 Å². The molecule has 5 aromatic rings. The molecule has 5 rings (SSSR count).